The van der Waals surface area contributed by atoms with Crippen molar-refractivity contribution in [3.63, 3.8) is 0 Å². The third kappa shape index (κ3) is 4.84. The summed E-state index contributed by atoms with van der Waals surface area (Å²) in [4.78, 5) is 2.16. The van der Waals surface area contributed by atoms with Crippen molar-refractivity contribution in [3.05, 3.63) is 33.8 Å². The SMILES string of the molecule is CC[C@H](NCCN(C)C)c1ccc(Cl)c(Cl)c1. The molecule has 0 spiro atoms. The molecule has 4 heteroatoms. The molecule has 0 aliphatic carbocycles. The van der Waals surface area contributed by atoms with Gasteiger partial charge in [-0.3, -0.25) is 0 Å². The molecular weight excluding hydrogens is 255 g/mol. The van der Waals surface area contributed by atoms with Gasteiger partial charge in [-0.05, 0) is 38.2 Å². The van der Waals surface area contributed by atoms with Crippen LogP contribution in [0, 0.1) is 0 Å². The van der Waals surface area contributed by atoms with Gasteiger partial charge in [0.15, 0.2) is 0 Å². The molecule has 0 saturated carbocycles. The molecule has 0 fully saturated rings. The number of rotatable bonds is 6. The molecule has 1 atom stereocenters. The van der Waals surface area contributed by atoms with E-state index in [-0.39, 0.29) is 0 Å². The zero-order valence-corrected chi connectivity index (χ0v) is 12.1. The third-order valence-electron chi connectivity index (χ3n) is 2.70. The Kier molecular flexibility index (Phi) is 6.28. The molecular formula is C13H20Cl2N2. The highest BCUT2D eigenvalue weighted by Gasteiger charge is 2.10. The molecule has 1 rings (SSSR count). The molecule has 96 valence electrons. The molecule has 0 aliphatic rings. The van der Waals surface area contributed by atoms with Gasteiger partial charge in [0.25, 0.3) is 0 Å². The largest absolute Gasteiger partial charge is 0.309 e. The summed E-state index contributed by atoms with van der Waals surface area (Å²) in [5.41, 5.74) is 1.20. The second-order valence-corrected chi connectivity index (χ2v) is 5.21. The lowest BCUT2D eigenvalue weighted by Gasteiger charge is -2.19. The van der Waals surface area contributed by atoms with Gasteiger partial charge >= 0.3 is 0 Å². The van der Waals surface area contributed by atoms with Gasteiger partial charge in [-0.2, -0.15) is 0 Å². The summed E-state index contributed by atoms with van der Waals surface area (Å²) in [6, 6.07) is 6.17. The smallest absolute Gasteiger partial charge is 0.0595 e. The van der Waals surface area contributed by atoms with Crippen LogP contribution in [0.4, 0.5) is 0 Å². The van der Waals surface area contributed by atoms with Gasteiger partial charge in [0.1, 0.15) is 0 Å². The van der Waals surface area contributed by atoms with Crippen LogP contribution in [0.2, 0.25) is 10.0 Å². The zero-order valence-electron chi connectivity index (χ0n) is 10.6. The van der Waals surface area contributed by atoms with Crippen LogP contribution in [-0.2, 0) is 0 Å². The normalized spacial score (nSPS) is 13.1. The molecule has 1 aromatic rings. The van der Waals surface area contributed by atoms with Crippen LogP contribution in [0.5, 0.6) is 0 Å². The highest BCUT2D eigenvalue weighted by atomic mass is 35.5. The van der Waals surface area contributed by atoms with Gasteiger partial charge in [0, 0.05) is 19.1 Å². The van der Waals surface area contributed by atoms with Crippen molar-refractivity contribution >= 4 is 23.2 Å². The first-order valence-corrected chi connectivity index (χ1v) is 6.63. The summed E-state index contributed by atoms with van der Waals surface area (Å²) in [6.07, 6.45) is 1.03. The molecule has 17 heavy (non-hydrogen) atoms. The minimum absolute atomic E-state index is 0.338. The average molecular weight is 275 g/mol. The lowest BCUT2D eigenvalue weighted by molar-refractivity contribution is 0.382. The predicted molar refractivity (Wildman–Crippen MR) is 76.1 cm³/mol. The molecule has 0 amide bonds. The minimum atomic E-state index is 0.338. The number of nitrogens with one attached hydrogen (secondary N) is 1. The second-order valence-electron chi connectivity index (χ2n) is 4.39. The lowest BCUT2D eigenvalue weighted by atomic mass is 10.0. The van der Waals surface area contributed by atoms with Crippen LogP contribution in [0.3, 0.4) is 0 Å². The first kappa shape index (κ1) is 14.8. The summed E-state index contributed by atoms with van der Waals surface area (Å²) < 4.78 is 0. The van der Waals surface area contributed by atoms with Gasteiger partial charge in [-0.15, -0.1) is 0 Å². The van der Waals surface area contributed by atoms with E-state index in [4.69, 9.17) is 23.2 Å². The van der Waals surface area contributed by atoms with Crippen molar-refractivity contribution in [1.82, 2.24) is 10.2 Å². The number of halogens is 2. The fourth-order valence-electron chi connectivity index (χ4n) is 1.69. The number of likely N-dealkylation sites (N-methyl/N-ethyl adjacent to an activating group) is 1. The molecule has 1 aromatic carbocycles. The fraction of sp³-hybridized carbons (Fsp3) is 0.538. The first-order chi connectivity index (χ1) is 8.04. The molecule has 0 heterocycles. The first-order valence-electron chi connectivity index (χ1n) is 5.87. The van der Waals surface area contributed by atoms with Gasteiger partial charge in [0.05, 0.1) is 10.0 Å². The summed E-state index contributed by atoms with van der Waals surface area (Å²) in [7, 11) is 4.14. The van der Waals surface area contributed by atoms with E-state index in [1.165, 1.54) is 5.56 Å². The molecule has 2 nitrogen and oxygen atoms in total. The number of hydrogen-bond acceptors (Lipinski definition) is 2. The van der Waals surface area contributed by atoms with Crippen LogP contribution in [0.1, 0.15) is 24.9 Å². The van der Waals surface area contributed by atoms with E-state index in [0.717, 1.165) is 19.5 Å². The maximum atomic E-state index is 6.03. The van der Waals surface area contributed by atoms with Gasteiger partial charge in [0.2, 0.25) is 0 Å². The van der Waals surface area contributed by atoms with Crippen LogP contribution in [-0.4, -0.2) is 32.1 Å². The third-order valence-corrected chi connectivity index (χ3v) is 3.44. The molecule has 0 aromatic heterocycles. The standard InChI is InChI=1S/C13H20Cl2N2/c1-4-13(16-7-8-17(2)3)10-5-6-11(14)12(15)9-10/h5-6,9,13,16H,4,7-8H2,1-3H3/t13-/m0/s1. The Morgan fingerprint density at radius 1 is 1.24 bits per heavy atom. The molecule has 1 N–H and O–H groups in total. The molecule has 0 radical (unpaired) electrons. The van der Waals surface area contributed by atoms with Crippen molar-refractivity contribution in [2.45, 2.75) is 19.4 Å². The van der Waals surface area contributed by atoms with E-state index in [1.54, 1.807) is 0 Å². The van der Waals surface area contributed by atoms with Crippen molar-refractivity contribution in [1.29, 1.82) is 0 Å². The molecule has 0 saturated heterocycles. The highest BCUT2D eigenvalue weighted by molar-refractivity contribution is 6.42. The summed E-state index contributed by atoms with van der Waals surface area (Å²) in [5, 5.41) is 4.75. The van der Waals surface area contributed by atoms with Gasteiger partial charge < -0.3 is 10.2 Å². The second kappa shape index (κ2) is 7.22. The van der Waals surface area contributed by atoms with Gasteiger partial charge in [-0.1, -0.05) is 36.2 Å². The highest BCUT2D eigenvalue weighted by Crippen LogP contribution is 2.26. The van der Waals surface area contributed by atoms with Crippen molar-refractivity contribution in [3.8, 4) is 0 Å². The van der Waals surface area contributed by atoms with Crippen LogP contribution >= 0.6 is 23.2 Å². The number of benzene rings is 1. The Bertz CT molecular complexity index is 353. The van der Waals surface area contributed by atoms with Crippen molar-refractivity contribution in [2.75, 3.05) is 27.2 Å². The fourth-order valence-corrected chi connectivity index (χ4v) is 2.00. The molecule has 0 unspecified atom stereocenters. The number of hydrogen-bond donors (Lipinski definition) is 1. The summed E-state index contributed by atoms with van der Waals surface area (Å²) in [6.45, 7) is 4.15. The van der Waals surface area contributed by atoms with E-state index < -0.39 is 0 Å². The van der Waals surface area contributed by atoms with E-state index in [9.17, 15) is 0 Å². The maximum absolute atomic E-state index is 6.03. The van der Waals surface area contributed by atoms with E-state index in [1.807, 2.05) is 18.2 Å². The Morgan fingerprint density at radius 3 is 2.47 bits per heavy atom. The lowest BCUT2D eigenvalue weighted by Crippen LogP contribution is -2.29. The van der Waals surface area contributed by atoms with Crippen LogP contribution in [0.15, 0.2) is 18.2 Å². The van der Waals surface area contributed by atoms with Crippen LogP contribution < -0.4 is 5.32 Å². The monoisotopic (exact) mass is 274 g/mol. The Hall–Kier alpha value is -0.280. The Balaban J connectivity index is 2.62. The van der Waals surface area contributed by atoms with E-state index in [0.29, 0.717) is 16.1 Å². The average Bonchev–Trinajstić information content (AvgIpc) is 2.28. The topological polar surface area (TPSA) is 15.3 Å². The van der Waals surface area contributed by atoms with Crippen molar-refractivity contribution in [2.24, 2.45) is 0 Å². The minimum Gasteiger partial charge on any atom is -0.309 e. The van der Waals surface area contributed by atoms with Gasteiger partial charge in [-0.25, -0.2) is 0 Å². The maximum Gasteiger partial charge on any atom is 0.0595 e. The quantitative estimate of drug-likeness (QED) is 0.853. The Labute approximate surface area is 114 Å². The number of nitrogens with zero attached hydrogens (tertiary/aromatic N) is 1. The summed E-state index contributed by atoms with van der Waals surface area (Å²) >= 11 is 11.9. The van der Waals surface area contributed by atoms with E-state index >= 15 is 0 Å². The zero-order chi connectivity index (χ0) is 12.8. The van der Waals surface area contributed by atoms with Crippen LogP contribution in [0.25, 0.3) is 0 Å². The molecule has 0 bridgehead atoms. The van der Waals surface area contributed by atoms with E-state index in [2.05, 4.69) is 31.2 Å². The van der Waals surface area contributed by atoms with Crippen molar-refractivity contribution < 1.29 is 0 Å². The molecule has 0 aliphatic heterocycles. The predicted octanol–water partition coefficient (Wildman–Crippen LogP) is 3.60. The Morgan fingerprint density at radius 2 is 1.94 bits per heavy atom. The summed E-state index contributed by atoms with van der Waals surface area (Å²) in [5.74, 6) is 0.